The first-order chi connectivity index (χ1) is 21.9. The van der Waals surface area contributed by atoms with Gasteiger partial charge in [-0.3, -0.25) is 14.3 Å². The van der Waals surface area contributed by atoms with E-state index in [1.54, 1.807) is 23.7 Å². The highest BCUT2D eigenvalue weighted by Crippen LogP contribution is 2.49. The Kier molecular flexibility index (Phi) is 8.04. The first kappa shape index (κ1) is 29.5. The second-order valence-electron chi connectivity index (χ2n) is 12.9. The molecule has 3 unspecified atom stereocenters. The first-order valence-corrected chi connectivity index (χ1v) is 16.1. The lowest BCUT2D eigenvalue weighted by molar-refractivity contribution is -0.125. The summed E-state index contributed by atoms with van der Waals surface area (Å²) in [5.41, 5.74) is 4.10. The predicted molar refractivity (Wildman–Crippen MR) is 173 cm³/mol. The van der Waals surface area contributed by atoms with Gasteiger partial charge in [0, 0.05) is 55.3 Å². The van der Waals surface area contributed by atoms with Gasteiger partial charge in [0.1, 0.15) is 5.82 Å². The number of ether oxygens (including phenoxy) is 1. The Morgan fingerprint density at radius 3 is 2.53 bits per heavy atom. The SMILES string of the molecule is Cc1cccc(F)c1C(=O)N1C2CCCC2CC(C(=O)Nc2ccc3nn(C)cc3c2)[C@@H]1c1ccc(NC2CCOCC2)cc1. The number of piperidine rings is 1. The number of carbonyl (C=O) groups excluding carboxylic acids is 2. The number of benzene rings is 3. The summed E-state index contributed by atoms with van der Waals surface area (Å²) in [5, 5.41) is 12.2. The largest absolute Gasteiger partial charge is 0.382 e. The lowest BCUT2D eigenvalue weighted by Crippen LogP contribution is -2.54. The molecule has 4 aromatic rings. The summed E-state index contributed by atoms with van der Waals surface area (Å²) in [7, 11) is 1.87. The number of nitrogens with one attached hydrogen (secondary N) is 2. The number of rotatable bonds is 6. The molecule has 2 amide bonds. The molecule has 2 saturated heterocycles. The van der Waals surface area contributed by atoms with Crippen molar-refractivity contribution in [2.75, 3.05) is 23.8 Å². The van der Waals surface area contributed by atoms with Crippen LogP contribution >= 0.6 is 0 Å². The van der Waals surface area contributed by atoms with Crippen molar-refractivity contribution in [1.29, 1.82) is 0 Å². The van der Waals surface area contributed by atoms with Crippen LogP contribution in [-0.2, 0) is 16.6 Å². The quantitative estimate of drug-likeness (QED) is 0.257. The van der Waals surface area contributed by atoms with Crippen LogP contribution in [0.4, 0.5) is 15.8 Å². The van der Waals surface area contributed by atoms with Gasteiger partial charge in [0.2, 0.25) is 5.91 Å². The van der Waals surface area contributed by atoms with Crippen molar-refractivity contribution < 1.29 is 18.7 Å². The monoisotopic (exact) mass is 609 g/mol. The first-order valence-electron chi connectivity index (χ1n) is 16.1. The smallest absolute Gasteiger partial charge is 0.257 e. The second kappa shape index (κ2) is 12.3. The van der Waals surface area contributed by atoms with Crippen molar-refractivity contribution in [3.63, 3.8) is 0 Å². The minimum Gasteiger partial charge on any atom is -0.382 e. The van der Waals surface area contributed by atoms with Gasteiger partial charge in [-0.1, -0.05) is 30.7 Å². The minimum atomic E-state index is -0.546. The summed E-state index contributed by atoms with van der Waals surface area (Å²) in [6, 6.07) is 18.3. The zero-order valence-electron chi connectivity index (χ0n) is 25.8. The van der Waals surface area contributed by atoms with Gasteiger partial charge < -0.3 is 20.3 Å². The van der Waals surface area contributed by atoms with Crippen molar-refractivity contribution in [3.05, 3.63) is 89.4 Å². The number of aromatic nitrogens is 2. The molecule has 7 rings (SSSR count). The summed E-state index contributed by atoms with van der Waals surface area (Å²) in [6.07, 6.45) is 7.24. The summed E-state index contributed by atoms with van der Waals surface area (Å²) in [6.45, 7) is 3.27. The van der Waals surface area contributed by atoms with Crippen molar-refractivity contribution in [2.45, 2.75) is 63.6 Å². The highest BCUT2D eigenvalue weighted by Gasteiger charge is 2.50. The molecule has 0 bridgehead atoms. The molecular formula is C36H40FN5O3. The van der Waals surface area contributed by atoms with Gasteiger partial charge in [-0.05, 0) is 92.5 Å². The van der Waals surface area contributed by atoms with Crippen LogP contribution < -0.4 is 10.6 Å². The van der Waals surface area contributed by atoms with Gasteiger partial charge in [0.25, 0.3) is 5.91 Å². The summed E-state index contributed by atoms with van der Waals surface area (Å²) in [4.78, 5) is 30.6. The van der Waals surface area contributed by atoms with Crippen molar-refractivity contribution in [3.8, 4) is 0 Å². The van der Waals surface area contributed by atoms with E-state index in [2.05, 4.69) is 15.7 Å². The highest BCUT2D eigenvalue weighted by molar-refractivity contribution is 5.99. The summed E-state index contributed by atoms with van der Waals surface area (Å²) >= 11 is 0. The van der Waals surface area contributed by atoms with E-state index in [9.17, 15) is 9.59 Å². The van der Waals surface area contributed by atoms with Gasteiger partial charge in [0.15, 0.2) is 0 Å². The third kappa shape index (κ3) is 5.81. The molecule has 234 valence electrons. The van der Waals surface area contributed by atoms with Gasteiger partial charge in [-0.15, -0.1) is 0 Å². The summed E-state index contributed by atoms with van der Waals surface area (Å²) in [5.74, 6) is -1.35. The highest BCUT2D eigenvalue weighted by atomic mass is 19.1. The van der Waals surface area contributed by atoms with Crippen LogP contribution in [0.5, 0.6) is 0 Å². The van der Waals surface area contributed by atoms with Crippen LogP contribution in [0.2, 0.25) is 0 Å². The number of likely N-dealkylation sites (tertiary alicyclic amines) is 1. The number of hydrogen-bond acceptors (Lipinski definition) is 5. The van der Waals surface area contributed by atoms with Crippen LogP contribution in [0.15, 0.2) is 66.9 Å². The lowest BCUT2D eigenvalue weighted by atomic mass is 9.76. The third-order valence-corrected chi connectivity index (χ3v) is 9.95. The number of halogens is 1. The molecule has 9 heteroatoms. The topological polar surface area (TPSA) is 88.5 Å². The molecule has 8 nitrogen and oxygen atoms in total. The number of amides is 2. The van der Waals surface area contributed by atoms with Gasteiger partial charge >= 0.3 is 0 Å². The van der Waals surface area contributed by atoms with E-state index in [1.807, 2.05) is 60.6 Å². The van der Waals surface area contributed by atoms with Gasteiger partial charge in [-0.25, -0.2) is 4.39 Å². The molecule has 1 aromatic heterocycles. The number of nitrogens with zero attached hydrogens (tertiary/aromatic N) is 3. The Morgan fingerprint density at radius 1 is 0.978 bits per heavy atom. The third-order valence-electron chi connectivity index (χ3n) is 9.95. The molecule has 1 aliphatic carbocycles. The van der Waals surface area contributed by atoms with Gasteiger partial charge in [0.05, 0.1) is 23.0 Å². The van der Waals surface area contributed by atoms with Crippen LogP contribution in [0, 0.1) is 24.6 Å². The normalized spacial score (nSPS) is 23.6. The molecular weight excluding hydrogens is 569 g/mol. The standard InChI is InChI=1S/C36H40FN5O3/c1-22-5-3-7-30(37)33(22)36(44)42-32-8-4-6-24(32)20-29(35(43)39-28-13-14-31-25(19-28)21-41(2)40-31)34(42)23-9-11-26(12-10-23)38-27-15-17-45-18-16-27/h3,5,7,9-14,19,21,24,27,29,32,34,38H,4,6,8,15-18,20H2,1-2H3,(H,39,43)/t24?,29?,32?,34-/m0/s1. The van der Waals surface area contributed by atoms with Gasteiger partial charge in [-0.2, -0.15) is 5.10 Å². The van der Waals surface area contributed by atoms with Crippen molar-refractivity contribution >= 4 is 34.1 Å². The van der Waals surface area contributed by atoms with E-state index in [-0.39, 0.29) is 29.3 Å². The molecule has 3 fully saturated rings. The molecule has 3 aromatic carbocycles. The fraction of sp³-hybridized carbons (Fsp3) is 0.417. The van der Waals surface area contributed by atoms with E-state index in [1.165, 1.54) is 6.07 Å². The van der Waals surface area contributed by atoms with E-state index < -0.39 is 17.8 Å². The number of fused-ring (bicyclic) bond motifs is 2. The summed E-state index contributed by atoms with van der Waals surface area (Å²) < 4.78 is 22.6. The Morgan fingerprint density at radius 2 is 1.76 bits per heavy atom. The Balaban J connectivity index is 1.26. The lowest BCUT2D eigenvalue weighted by Gasteiger charge is -2.48. The number of aryl methyl sites for hydroxylation is 2. The molecule has 2 aliphatic heterocycles. The molecule has 0 radical (unpaired) electrons. The zero-order chi connectivity index (χ0) is 31.1. The number of hydrogen-bond donors (Lipinski definition) is 2. The average Bonchev–Trinajstić information content (AvgIpc) is 3.66. The van der Waals surface area contributed by atoms with E-state index >= 15 is 4.39 Å². The van der Waals surface area contributed by atoms with E-state index in [0.29, 0.717) is 23.7 Å². The van der Waals surface area contributed by atoms with E-state index in [4.69, 9.17) is 4.74 Å². The van der Waals surface area contributed by atoms with E-state index in [0.717, 1.165) is 67.5 Å². The maximum absolute atomic E-state index is 15.3. The molecule has 0 spiro atoms. The predicted octanol–water partition coefficient (Wildman–Crippen LogP) is 6.62. The Bertz CT molecular complexity index is 1690. The Labute approximate surface area is 262 Å². The second-order valence-corrected chi connectivity index (χ2v) is 12.9. The molecule has 45 heavy (non-hydrogen) atoms. The average molecular weight is 610 g/mol. The van der Waals surface area contributed by atoms with Crippen molar-refractivity contribution in [1.82, 2.24) is 14.7 Å². The van der Waals surface area contributed by atoms with Crippen LogP contribution in [0.3, 0.4) is 0 Å². The minimum absolute atomic E-state index is 0.0580. The number of anilines is 2. The molecule has 3 aliphatic rings. The fourth-order valence-electron chi connectivity index (χ4n) is 7.78. The molecule has 1 saturated carbocycles. The van der Waals surface area contributed by atoms with Crippen LogP contribution in [0.25, 0.3) is 10.9 Å². The van der Waals surface area contributed by atoms with Crippen molar-refractivity contribution in [2.24, 2.45) is 18.9 Å². The maximum atomic E-state index is 15.3. The Hall–Kier alpha value is -4.24. The zero-order valence-corrected chi connectivity index (χ0v) is 25.8. The maximum Gasteiger partial charge on any atom is 0.257 e. The van der Waals surface area contributed by atoms with Crippen LogP contribution in [0.1, 0.15) is 66.1 Å². The number of carbonyl (C=O) groups is 2. The van der Waals surface area contributed by atoms with Crippen LogP contribution in [-0.4, -0.2) is 51.8 Å². The molecule has 2 N–H and O–H groups in total. The molecule has 3 heterocycles. The fourth-order valence-corrected chi connectivity index (χ4v) is 7.78. The molecule has 4 atom stereocenters.